The van der Waals surface area contributed by atoms with E-state index in [0.717, 1.165) is 17.7 Å². The quantitative estimate of drug-likeness (QED) is 0.678. The minimum absolute atomic E-state index is 0.178. The van der Waals surface area contributed by atoms with Crippen LogP contribution < -0.4 is 10.6 Å². The van der Waals surface area contributed by atoms with E-state index in [2.05, 4.69) is 15.7 Å². The van der Waals surface area contributed by atoms with E-state index in [1.807, 2.05) is 43.5 Å². The van der Waals surface area contributed by atoms with Crippen LogP contribution in [-0.2, 0) is 11.2 Å². The van der Waals surface area contributed by atoms with E-state index in [4.69, 9.17) is 0 Å². The van der Waals surface area contributed by atoms with Gasteiger partial charge in [0.1, 0.15) is 0 Å². The van der Waals surface area contributed by atoms with Crippen LogP contribution in [0.1, 0.15) is 29.3 Å². The zero-order valence-corrected chi connectivity index (χ0v) is 15.2. The third-order valence-corrected chi connectivity index (χ3v) is 4.00. The third-order valence-electron chi connectivity index (χ3n) is 4.00. The average Bonchev–Trinajstić information content (AvgIpc) is 3.15. The molecule has 0 bridgehead atoms. The number of hydrogen-bond acceptors (Lipinski definition) is 3. The molecular weight excluding hydrogens is 340 g/mol. The fourth-order valence-corrected chi connectivity index (χ4v) is 2.68. The number of para-hydroxylation sites is 2. The number of benzene rings is 2. The largest absolute Gasteiger partial charge is 0.352 e. The Kier molecular flexibility index (Phi) is 5.99. The van der Waals surface area contributed by atoms with Crippen LogP contribution in [-0.4, -0.2) is 28.1 Å². The Hall–Kier alpha value is -3.41. The molecule has 0 radical (unpaired) electrons. The molecular formula is C21H22N4O2. The molecule has 138 valence electrons. The molecule has 3 aromatic rings. The molecule has 0 aliphatic carbocycles. The molecule has 0 saturated carbocycles. The maximum Gasteiger partial charge on any atom is 0.253 e. The van der Waals surface area contributed by atoms with Gasteiger partial charge in [-0.1, -0.05) is 37.3 Å². The predicted molar refractivity (Wildman–Crippen MR) is 105 cm³/mol. The lowest BCUT2D eigenvalue weighted by atomic mass is 10.1. The lowest BCUT2D eigenvalue weighted by Gasteiger charge is -2.10. The number of aromatic nitrogens is 2. The van der Waals surface area contributed by atoms with E-state index in [1.54, 1.807) is 35.1 Å². The lowest BCUT2D eigenvalue weighted by molar-refractivity contribution is -0.115. The van der Waals surface area contributed by atoms with Gasteiger partial charge in [-0.2, -0.15) is 5.10 Å². The van der Waals surface area contributed by atoms with Gasteiger partial charge in [-0.05, 0) is 36.2 Å². The summed E-state index contributed by atoms with van der Waals surface area (Å²) in [5, 5.41) is 9.96. The van der Waals surface area contributed by atoms with E-state index in [9.17, 15) is 9.59 Å². The summed E-state index contributed by atoms with van der Waals surface area (Å²) in [6.45, 7) is 2.59. The Morgan fingerprint density at radius 2 is 1.78 bits per heavy atom. The first-order chi connectivity index (χ1) is 13.2. The molecule has 0 unspecified atom stereocenters. The molecule has 2 N–H and O–H groups in total. The van der Waals surface area contributed by atoms with Crippen molar-refractivity contribution in [1.82, 2.24) is 15.1 Å². The Morgan fingerprint density at radius 3 is 2.56 bits per heavy atom. The Labute approximate surface area is 158 Å². The molecule has 0 fully saturated rings. The van der Waals surface area contributed by atoms with Crippen LogP contribution >= 0.6 is 0 Å². The van der Waals surface area contributed by atoms with Crippen molar-refractivity contribution in [1.29, 1.82) is 0 Å². The van der Waals surface area contributed by atoms with Gasteiger partial charge < -0.3 is 10.6 Å². The molecule has 0 aliphatic rings. The van der Waals surface area contributed by atoms with Gasteiger partial charge in [-0.15, -0.1) is 0 Å². The SMILES string of the molecule is CCCNC(=O)c1ccccc1NC(=O)Cc1cnn(-c2ccccc2)c1. The zero-order valence-electron chi connectivity index (χ0n) is 15.2. The third kappa shape index (κ3) is 4.82. The van der Waals surface area contributed by atoms with Gasteiger partial charge in [-0.3, -0.25) is 9.59 Å². The van der Waals surface area contributed by atoms with Gasteiger partial charge in [0.2, 0.25) is 5.91 Å². The number of carbonyl (C=O) groups is 2. The molecule has 2 aromatic carbocycles. The van der Waals surface area contributed by atoms with Gasteiger partial charge in [0.25, 0.3) is 5.91 Å². The Balaban J connectivity index is 1.67. The van der Waals surface area contributed by atoms with Crippen molar-refractivity contribution in [3.63, 3.8) is 0 Å². The van der Waals surface area contributed by atoms with Crippen molar-refractivity contribution in [2.24, 2.45) is 0 Å². The number of carbonyl (C=O) groups excluding carboxylic acids is 2. The van der Waals surface area contributed by atoms with Crippen molar-refractivity contribution in [3.05, 3.63) is 78.1 Å². The molecule has 0 aliphatic heterocycles. The fraction of sp³-hybridized carbons (Fsp3) is 0.190. The standard InChI is InChI=1S/C21H22N4O2/c1-2-12-22-21(27)18-10-6-7-11-19(18)24-20(26)13-16-14-23-25(15-16)17-8-4-3-5-9-17/h3-11,14-15H,2,12-13H2,1H3,(H,22,27)(H,24,26). The van der Waals surface area contributed by atoms with E-state index in [0.29, 0.717) is 17.8 Å². The fourth-order valence-electron chi connectivity index (χ4n) is 2.68. The topological polar surface area (TPSA) is 76.0 Å². The molecule has 2 amide bonds. The van der Waals surface area contributed by atoms with E-state index < -0.39 is 0 Å². The second-order valence-electron chi connectivity index (χ2n) is 6.16. The molecule has 1 aromatic heterocycles. The molecule has 1 heterocycles. The molecule has 6 nitrogen and oxygen atoms in total. The number of nitrogens with zero attached hydrogens (tertiary/aromatic N) is 2. The van der Waals surface area contributed by atoms with E-state index in [-0.39, 0.29) is 18.2 Å². The first-order valence-corrected chi connectivity index (χ1v) is 8.93. The molecule has 3 rings (SSSR count). The lowest BCUT2D eigenvalue weighted by Crippen LogP contribution is -2.26. The Morgan fingerprint density at radius 1 is 1.04 bits per heavy atom. The van der Waals surface area contributed by atoms with Crippen LogP contribution in [0.2, 0.25) is 0 Å². The van der Waals surface area contributed by atoms with Crippen molar-refractivity contribution in [2.45, 2.75) is 19.8 Å². The van der Waals surface area contributed by atoms with Crippen LogP contribution in [0, 0.1) is 0 Å². The highest BCUT2D eigenvalue weighted by atomic mass is 16.2. The van der Waals surface area contributed by atoms with Crippen LogP contribution in [0.25, 0.3) is 5.69 Å². The van der Waals surface area contributed by atoms with Crippen molar-refractivity contribution < 1.29 is 9.59 Å². The summed E-state index contributed by atoms with van der Waals surface area (Å²) in [5.41, 5.74) is 2.69. The van der Waals surface area contributed by atoms with E-state index in [1.165, 1.54) is 0 Å². The molecule has 0 spiro atoms. The second-order valence-corrected chi connectivity index (χ2v) is 6.16. The van der Waals surface area contributed by atoms with Crippen LogP contribution in [0.5, 0.6) is 0 Å². The number of amides is 2. The van der Waals surface area contributed by atoms with Gasteiger partial charge >= 0.3 is 0 Å². The second kappa shape index (κ2) is 8.80. The van der Waals surface area contributed by atoms with Gasteiger partial charge in [0, 0.05) is 12.7 Å². The first kappa shape index (κ1) is 18.4. The molecule has 27 heavy (non-hydrogen) atoms. The molecule has 0 saturated heterocycles. The predicted octanol–water partition coefficient (Wildman–Crippen LogP) is 3.19. The molecule has 0 atom stereocenters. The summed E-state index contributed by atoms with van der Waals surface area (Å²) in [7, 11) is 0. The van der Waals surface area contributed by atoms with E-state index >= 15 is 0 Å². The highest BCUT2D eigenvalue weighted by Crippen LogP contribution is 2.16. The summed E-state index contributed by atoms with van der Waals surface area (Å²) >= 11 is 0. The highest BCUT2D eigenvalue weighted by molar-refractivity contribution is 6.04. The van der Waals surface area contributed by atoms with Crippen molar-refractivity contribution in [3.8, 4) is 5.69 Å². The first-order valence-electron chi connectivity index (χ1n) is 8.93. The summed E-state index contributed by atoms with van der Waals surface area (Å²) in [4.78, 5) is 24.7. The summed E-state index contributed by atoms with van der Waals surface area (Å²) in [6.07, 6.45) is 4.53. The van der Waals surface area contributed by atoms with Gasteiger partial charge in [0.15, 0.2) is 0 Å². The van der Waals surface area contributed by atoms with Gasteiger partial charge in [0.05, 0.1) is 29.6 Å². The minimum Gasteiger partial charge on any atom is -0.352 e. The number of hydrogen-bond donors (Lipinski definition) is 2. The maximum atomic E-state index is 12.4. The number of rotatable bonds is 7. The van der Waals surface area contributed by atoms with Crippen molar-refractivity contribution in [2.75, 3.05) is 11.9 Å². The monoisotopic (exact) mass is 362 g/mol. The summed E-state index contributed by atoms with van der Waals surface area (Å²) < 4.78 is 1.73. The number of nitrogens with one attached hydrogen (secondary N) is 2. The highest BCUT2D eigenvalue weighted by Gasteiger charge is 2.13. The summed E-state index contributed by atoms with van der Waals surface area (Å²) in [6, 6.07) is 16.7. The van der Waals surface area contributed by atoms with Crippen LogP contribution in [0.4, 0.5) is 5.69 Å². The number of anilines is 1. The Bertz CT molecular complexity index is 919. The minimum atomic E-state index is -0.196. The zero-order chi connectivity index (χ0) is 19.1. The van der Waals surface area contributed by atoms with Crippen LogP contribution in [0.15, 0.2) is 67.0 Å². The van der Waals surface area contributed by atoms with Crippen LogP contribution in [0.3, 0.4) is 0 Å². The van der Waals surface area contributed by atoms with Gasteiger partial charge in [-0.25, -0.2) is 4.68 Å². The average molecular weight is 362 g/mol. The maximum absolute atomic E-state index is 12.4. The summed E-state index contributed by atoms with van der Waals surface area (Å²) in [5.74, 6) is -0.386. The van der Waals surface area contributed by atoms with Crippen molar-refractivity contribution >= 4 is 17.5 Å². The molecule has 6 heteroatoms. The smallest absolute Gasteiger partial charge is 0.253 e. The normalized spacial score (nSPS) is 10.4.